The lowest BCUT2D eigenvalue weighted by Crippen LogP contribution is -2.51. The second-order valence-corrected chi connectivity index (χ2v) is 5.51. The van der Waals surface area contributed by atoms with Crippen molar-refractivity contribution in [2.45, 2.75) is 20.8 Å². The van der Waals surface area contributed by atoms with Gasteiger partial charge < -0.3 is 15.1 Å². The number of likely N-dealkylation sites (N-methyl/N-ethyl adjacent to an activating group) is 1. The van der Waals surface area contributed by atoms with Gasteiger partial charge in [-0.1, -0.05) is 20.8 Å². The van der Waals surface area contributed by atoms with Gasteiger partial charge in [0, 0.05) is 32.7 Å². The van der Waals surface area contributed by atoms with Crippen molar-refractivity contribution in [3.63, 3.8) is 0 Å². The topological polar surface area (TPSA) is 35.6 Å². The van der Waals surface area contributed by atoms with E-state index in [9.17, 15) is 4.79 Å². The minimum Gasteiger partial charge on any atom is -0.337 e. The molecule has 0 radical (unpaired) electrons. The van der Waals surface area contributed by atoms with Crippen molar-refractivity contribution < 1.29 is 4.79 Å². The van der Waals surface area contributed by atoms with E-state index in [0.717, 1.165) is 32.7 Å². The highest BCUT2D eigenvalue weighted by Crippen LogP contribution is 2.10. The zero-order chi connectivity index (χ0) is 11.5. The van der Waals surface area contributed by atoms with Gasteiger partial charge in [-0.2, -0.15) is 0 Å². The van der Waals surface area contributed by atoms with Crippen LogP contribution in [0.2, 0.25) is 0 Å². The van der Waals surface area contributed by atoms with E-state index in [1.807, 2.05) is 4.90 Å². The number of carbonyl (C=O) groups excluding carboxylic acids is 1. The molecule has 0 aromatic heterocycles. The van der Waals surface area contributed by atoms with Crippen LogP contribution in [-0.4, -0.2) is 55.6 Å². The number of carbonyl (C=O) groups is 1. The molecule has 0 aromatic carbocycles. The molecule has 15 heavy (non-hydrogen) atoms. The summed E-state index contributed by atoms with van der Waals surface area (Å²) < 4.78 is 0. The third kappa shape index (κ3) is 4.51. The summed E-state index contributed by atoms with van der Waals surface area (Å²) in [7, 11) is 2.09. The van der Waals surface area contributed by atoms with Gasteiger partial charge in [-0.05, 0) is 12.5 Å². The molecule has 1 N–H and O–H groups in total. The van der Waals surface area contributed by atoms with Gasteiger partial charge in [0.2, 0.25) is 0 Å². The molecular formula is C11H23N3O. The summed E-state index contributed by atoms with van der Waals surface area (Å²) in [5.41, 5.74) is 0.155. The molecule has 4 heteroatoms. The lowest BCUT2D eigenvalue weighted by Gasteiger charge is -2.33. The first-order valence-electron chi connectivity index (χ1n) is 5.60. The first kappa shape index (κ1) is 12.3. The normalized spacial score (nSPS) is 19.1. The number of rotatable bonds is 1. The molecule has 2 amide bonds. The van der Waals surface area contributed by atoms with Crippen molar-refractivity contribution >= 4 is 6.03 Å². The van der Waals surface area contributed by atoms with Gasteiger partial charge in [-0.25, -0.2) is 4.79 Å². The maximum atomic E-state index is 11.7. The van der Waals surface area contributed by atoms with E-state index in [4.69, 9.17) is 0 Å². The van der Waals surface area contributed by atoms with Gasteiger partial charge >= 0.3 is 6.03 Å². The van der Waals surface area contributed by atoms with Crippen molar-refractivity contribution in [1.82, 2.24) is 15.1 Å². The predicted octanol–water partition coefficient (Wildman–Crippen LogP) is 0.989. The van der Waals surface area contributed by atoms with Gasteiger partial charge in [-0.15, -0.1) is 0 Å². The Hall–Kier alpha value is -0.770. The lowest BCUT2D eigenvalue weighted by molar-refractivity contribution is 0.151. The molecule has 0 spiro atoms. The second-order valence-electron chi connectivity index (χ2n) is 5.51. The number of nitrogens with zero attached hydrogens (tertiary/aromatic N) is 2. The fourth-order valence-electron chi connectivity index (χ4n) is 1.46. The molecule has 0 aromatic rings. The Kier molecular flexibility index (Phi) is 3.97. The highest BCUT2D eigenvalue weighted by molar-refractivity contribution is 5.74. The van der Waals surface area contributed by atoms with Crippen molar-refractivity contribution in [3.05, 3.63) is 0 Å². The fourth-order valence-corrected chi connectivity index (χ4v) is 1.46. The molecule has 88 valence electrons. The Morgan fingerprint density at radius 2 is 1.73 bits per heavy atom. The van der Waals surface area contributed by atoms with E-state index >= 15 is 0 Å². The van der Waals surface area contributed by atoms with E-state index in [-0.39, 0.29) is 11.4 Å². The summed E-state index contributed by atoms with van der Waals surface area (Å²) >= 11 is 0. The van der Waals surface area contributed by atoms with Gasteiger partial charge in [0.05, 0.1) is 0 Å². The number of nitrogens with one attached hydrogen (secondary N) is 1. The standard InChI is InChI=1S/C11H23N3O/c1-11(2,3)9-12-10(15)14-7-5-13(4)6-8-14/h5-9H2,1-4H3,(H,12,15). The highest BCUT2D eigenvalue weighted by atomic mass is 16.2. The Bertz CT molecular complexity index is 214. The SMILES string of the molecule is CN1CCN(C(=O)NCC(C)(C)C)CC1. The Labute approximate surface area is 92.6 Å². The molecule has 1 aliphatic rings. The number of hydrogen-bond donors (Lipinski definition) is 1. The monoisotopic (exact) mass is 213 g/mol. The molecular weight excluding hydrogens is 190 g/mol. The molecule has 4 nitrogen and oxygen atoms in total. The molecule has 0 aliphatic carbocycles. The van der Waals surface area contributed by atoms with E-state index < -0.39 is 0 Å². The third-order valence-electron chi connectivity index (χ3n) is 2.56. The van der Waals surface area contributed by atoms with Crippen LogP contribution in [0, 0.1) is 5.41 Å². The maximum absolute atomic E-state index is 11.7. The van der Waals surface area contributed by atoms with Crippen molar-refractivity contribution in [2.75, 3.05) is 39.8 Å². The van der Waals surface area contributed by atoms with E-state index in [1.165, 1.54) is 0 Å². The zero-order valence-corrected chi connectivity index (χ0v) is 10.3. The summed E-state index contributed by atoms with van der Waals surface area (Å²) in [6.07, 6.45) is 0. The van der Waals surface area contributed by atoms with Crippen LogP contribution >= 0.6 is 0 Å². The van der Waals surface area contributed by atoms with Crippen LogP contribution in [0.25, 0.3) is 0 Å². The minimum absolute atomic E-state index is 0.0815. The summed E-state index contributed by atoms with van der Waals surface area (Å²) in [4.78, 5) is 15.9. The maximum Gasteiger partial charge on any atom is 0.317 e. The van der Waals surface area contributed by atoms with Crippen molar-refractivity contribution in [2.24, 2.45) is 5.41 Å². The van der Waals surface area contributed by atoms with E-state index in [2.05, 4.69) is 38.0 Å². The molecule has 1 aliphatic heterocycles. The average Bonchev–Trinajstić information content (AvgIpc) is 2.14. The summed E-state index contributed by atoms with van der Waals surface area (Å²) in [5.74, 6) is 0. The van der Waals surface area contributed by atoms with Gasteiger partial charge in [0.15, 0.2) is 0 Å². The number of hydrogen-bond acceptors (Lipinski definition) is 2. The zero-order valence-electron chi connectivity index (χ0n) is 10.3. The van der Waals surface area contributed by atoms with Gasteiger partial charge in [-0.3, -0.25) is 0 Å². The lowest BCUT2D eigenvalue weighted by atomic mass is 9.97. The molecule has 0 bridgehead atoms. The first-order chi connectivity index (χ1) is 6.88. The quantitative estimate of drug-likeness (QED) is 0.705. The molecule has 0 unspecified atom stereocenters. The summed E-state index contributed by atoms with van der Waals surface area (Å²) in [6, 6.07) is 0.0815. The second kappa shape index (κ2) is 4.84. The first-order valence-corrected chi connectivity index (χ1v) is 5.60. The number of urea groups is 1. The third-order valence-corrected chi connectivity index (χ3v) is 2.56. The highest BCUT2D eigenvalue weighted by Gasteiger charge is 2.20. The average molecular weight is 213 g/mol. The smallest absolute Gasteiger partial charge is 0.317 e. The van der Waals surface area contributed by atoms with Crippen LogP contribution in [0.4, 0.5) is 4.79 Å². The molecule has 0 saturated carbocycles. The number of amides is 2. The van der Waals surface area contributed by atoms with Gasteiger partial charge in [0.1, 0.15) is 0 Å². The van der Waals surface area contributed by atoms with Crippen LogP contribution in [0.1, 0.15) is 20.8 Å². The predicted molar refractivity (Wildman–Crippen MR) is 61.9 cm³/mol. The number of piperazine rings is 1. The van der Waals surface area contributed by atoms with Crippen LogP contribution in [0.15, 0.2) is 0 Å². The largest absolute Gasteiger partial charge is 0.337 e. The van der Waals surface area contributed by atoms with Crippen molar-refractivity contribution in [1.29, 1.82) is 0 Å². The minimum atomic E-state index is 0.0815. The Morgan fingerprint density at radius 3 is 2.20 bits per heavy atom. The summed E-state index contributed by atoms with van der Waals surface area (Å²) in [5, 5.41) is 2.98. The van der Waals surface area contributed by atoms with E-state index in [1.54, 1.807) is 0 Å². The van der Waals surface area contributed by atoms with Gasteiger partial charge in [0.25, 0.3) is 0 Å². The molecule has 1 saturated heterocycles. The van der Waals surface area contributed by atoms with Crippen LogP contribution in [0.3, 0.4) is 0 Å². The van der Waals surface area contributed by atoms with Crippen molar-refractivity contribution in [3.8, 4) is 0 Å². The van der Waals surface area contributed by atoms with Crippen LogP contribution in [0.5, 0.6) is 0 Å². The summed E-state index contributed by atoms with van der Waals surface area (Å²) in [6.45, 7) is 10.7. The molecule has 0 atom stereocenters. The van der Waals surface area contributed by atoms with Crippen LogP contribution in [-0.2, 0) is 0 Å². The molecule has 1 heterocycles. The Morgan fingerprint density at radius 1 is 1.20 bits per heavy atom. The molecule has 1 fully saturated rings. The van der Waals surface area contributed by atoms with E-state index in [0.29, 0.717) is 0 Å². The fraction of sp³-hybridized carbons (Fsp3) is 0.909. The van der Waals surface area contributed by atoms with Crippen LogP contribution < -0.4 is 5.32 Å². The molecule has 1 rings (SSSR count). The Balaban J connectivity index is 2.29.